The third-order valence-electron chi connectivity index (χ3n) is 4.28. The highest BCUT2D eigenvalue weighted by molar-refractivity contribution is 5.80. The molecule has 0 saturated carbocycles. The normalized spacial score (nSPS) is 22.4. The number of likely N-dealkylation sites (tertiary alicyclic amines) is 1. The molecule has 1 amide bonds. The van der Waals surface area contributed by atoms with Gasteiger partial charge in [0.15, 0.2) is 0 Å². The quantitative estimate of drug-likeness (QED) is 0.806. The molecule has 17 heavy (non-hydrogen) atoms. The molecule has 100 valence electrons. The predicted octanol–water partition coefficient (Wildman–Crippen LogP) is 2.29. The average molecular weight is 241 g/mol. The van der Waals surface area contributed by atoms with Crippen LogP contribution in [0.15, 0.2) is 0 Å². The Kier molecular flexibility index (Phi) is 4.59. The highest BCUT2D eigenvalue weighted by Crippen LogP contribution is 2.36. The Balaban J connectivity index is 2.49. The highest BCUT2D eigenvalue weighted by atomic mass is 16.3. The first-order valence-electron chi connectivity index (χ1n) is 6.70. The van der Waals surface area contributed by atoms with Crippen molar-refractivity contribution >= 4 is 5.91 Å². The molecule has 3 nitrogen and oxygen atoms in total. The minimum absolute atomic E-state index is 0.119. The Hall–Kier alpha value is -0.570. The predicted molar refractivity (Wildman–Crippen MR) is 69.6 cm³/mol. The van der Waals surface area contributed by atoms with Crippen molar-refractivity contribution in [3.63, 3.8) is 0 Å². The smallest absolute Gasteiger partial charge is 0.251 e. The van der Waals surface area contributed by atoms with Crippen LogP contribution in [0.2, 0.25) is 0 Å². The second-order valence-corrected chi connectivity index (χ2v) is 6.49. The van der Waals surface area contributed by atoms with Crippen molar-refractivity contribution in [3.8, 4) is 0 Å². The number of aliphatic hydroxyl groups excluding tert-OH is 1. The first-order valence-corrected chi connectivity index (χ1v) is 6.70. The summed E-state index contributed by atoms with van der Waals surface area (Å²) in [7, 11) is 0. The molecule has 0 radical (unpaired) electrons. The molecule has 1 rings (SSSR count). The van der Waals surface area contributed by atoms with Gasteiger partial charge in [0.05, 0.1) is 0 Å². The van der Waals surface area contributed by atoms with Crippen LogP contribution in [0.1, 0.15) is 47.5 Å². The zero-order valence-corrected chi connectivity index (χ0v) is 11.9. The van der Waals surface area contributed by atoms with Gasteiger partial charge in [-0.05, 0) is 37.0 Å². The average Bonchev–Trinajstić information content (AvgIpc) is 2.26. The number of nitrogens with zero attached hydrogens (tertiary/aromatic N) is 1. The van der Waals surface area contributed by atoms with Crippen LogP contribution in [0.4, 0.5) is 0 Å². The van der Waals surface area contributed by atoms with Gasteiger partial charge >= 0.3 is 0 Å². The number of carbonyl (C=O) groups is 1. The summed E-state index contributed by atoms with van der Waals surface area (Å²) >= 11 is 0. The van der Waals surface area contributed by atoms with Crippen LogP contribution >= 0.6 is 0 Å². The van der Waals surface area contributed by atoms with Crippen LogP contribution in [0.3, 0.4) is 0 Å². The van der Waals surface area contributed by atoms with Crippen LogP contribution in [0.25, 0.3) is 0 Å². The van der Waals surface area contributed by atoms with Gasteiger partial charge in [0.25, 0.3) is 5.91 Å². The third-order valence-corrected chi connectivity index (χ3v) is 4.28. The van der Waals surface area contributed by atoms with Crippen molar-refractivity contribution in [3.05, 3.63) is 0 Å². The molecule has 0 aliphatic carbocycles. The second kappa shape index (κ2) is 5.38. The van der Waals surface area contributed by atoms with Crippen molar-refractivity contribution in [1.82, 2.24) is 4.90 Å². The van der Waals surface area contributed by atoms with Gasteiger partial charge in [-0.3, -0.25) is 4.79 Å². The second-order valence-electron chi connectivity index (χ2n) is 6.49. The molecule has 0 aromatic rings. The van der Waals surface area contributed by atoms with Gasteiger partial charge in [-0.15, -0.1) is 0 Å². The molecule has 1 heterocycles. The summed E-state index contributed by atoms with van der Waals surface area (Å²) in [6.45, 7) is 12.3. The number of hydrogen-bond donors (Lipinski definition) is 1. The first kappa shape index (κ1) is 14.5. The molecule has 0 aromatic carbocycles. The molecule has 0 aromatic heterocycles. The van der Waals surface area contributed by atoms with Crippen LogP contribution in [0, 0.1) is 17.3 Å². The van der Waals surface area contributed by atoms with E-state index in [1.807, 2.05) is 0 Å². The minimum atomic E-state index is -0.855. The van der Waals surface area contributed by atoms with Gasteiger partial charge in [-0.2, -0.15) is 0 Å². The standard InChI is InChI=1S/C14H27NO2/c1-10(14(3,4)5)12-6-8-15(9-7-12)13(17)11(2)16/h10-12,16H,6-9H2,1-5H3/t10-,11+/m1/s1. The Morgan fingerprint density at radius 2 is 1.71 bits per heavy atom. The zero-order valence-electron chi connectivity index (χ0n) is 11.9. The van der Waals surface area contributed by atoms with Crippen LogP contribution < -0.4 is 0 Å². The van der Waals surface area contributed by atoms with Crippen molar-refractivity contribution < 1.29 is 9.90 Å². The number of piperidine rings is 1. The molecule has 2 atom stereocenters. The van der Waals surface area contributed by atoms with Gasteiger partial charge in [0, 0.05) is 13.1 Å². The first-order chi connectivity index (χ1) is 7.73. The maximum absolute atomic E-state index is 11.6. The monoisotopic (exact) mass is 241 g/mol. The van der Waals surface area contributed by atoms with E-state index in [0.717, 1.165) is 25.9 Å². The van der Waals surface area contributed by atoms with Gasteiger partial charge in [-0.25, -0.2) is 0 Å². The van der Waals surface area contributed by atoms with Crippen molar-refractivity contribution in [2.45, 2.75) is 53.6 Å². The van der Waals surface area contributed by atoms with E-state index in [-0.39, 0.29) is 5.91 Å². The van der Waals surface area contributed by atoms with Crippen LogP contribution in [-0.2, 0) is 4.79 Å². The van der Waals surface area contributed by atoms with Gasteiger partial charge in [0.1, 0.15) is 6.10 Å². The molecule has 0 unspecified atom stereocenters. The molecule has 3 heteroatoms. The highest BCUT2D eigenvalue weighted by Gasteiger charge is 2.32. The SMILES string of the molecule is C[C@H](O)C(=O)N1CCC([C@@H](C)C(C)(C)C)CC1. The van der Waals surface area contributed by atoms with Crippen molar-refractivity contribution in [1.29, 1.82) is 0 Å². The van der Waals surface area contributed by atoms with E-state index in [9.17, 15) is 9.90 Å². The fraction of sp³-hybridized carbons (Fsp3) is 0.929. The minimum Gasteiger partial charge on any atom is -0.384 e. The molecular formula is C14H27NO2. The van der Waals surface area contributed by atoms with E-state index in [0.29, 0.717) is 17.3 Å². The summed E-state index contributed by atoms with van der Waals surface area (Å²) in [5, 5.41) is 9.29. The van der Waals surface area contributed by atoms with E-state index in [1.165, 1.54) is 0 Å². The fourth-order valence-corrected chi connectivity index (χ4v) is 2.59. The number of aliphatic hydroxyl groups is 1. The molecule has 1 aliphatic rings. The van der Waals surface area contributed by atoms with Crippen LogP contribution in [0.5, 0.6) is 0 Å². The molecule has 1 N–H and O–H groups in total. The largest absolute Gasteiger partial charge is 0.384 e. The third kappa shape index (κ3) is 3.70. The summed E-state index contributed by atoms with van der Waals surface area (Å²) in [6, 6.07) is 0. The lowest BCUT2D eigenvalue weighted by atomic mass is 9.71. The molecule has 1 saturated heterocycles. The molecule has 0 spiro atoms. The number of rotatable bonds is 2. The van der Waals surface area contributed by atoms with Gasteiger partial charge in [0.2, 0.25) is 0 Å². The summed E-state index contributed by atoms with van der Waals surface area (Å²) in [5.74, 6) is 1.26. The Morgan fingerprint density at radius 1 is 1.24 bits per heavy atom. The van der Waals surface area contributed by atoms with E-state index >= 15 is 0 Å². The van der Waals surface area contributed by atoms with E-state index < -0.39 is 6.10 Å². The maximum atomic E-state index is 11.6. The summed E-state index contributed by atoms with van der Waals surface area (Å²) in [5.41, 5.74) is 0.334. The summed E-state index contributed by atoms with van der Waals surface area (Å²) in [4.78, 5) is 13.4. The van der Waals surface area contributed by atoms with E-state index in [1.54, 1.807) is 11.8 Å². The number of amides is 1. The molecule has 0 bridgehead atoms. The van der Waals surface area contributed by atoms with E-state index in [2.05, 4.69) is 27.7 Å². The van der Waals surface area contributed by atoms with E-state index in [4.69, 9.17) is 0 Å². The lowest BCUT2D eigenvalue weighted by Crippen LogP contribution is -2.44. The lowest BCUT2D eigenvalue weighted by Gasteiger charge is -2.40. The molecule has 1 aliphatic heterocycles. The topological polar surface area (TPSA) is 40.5 Å². The maximum Gasteiger partial charge on any atom is 0.251 e. The summed E-state index contributed by atoms with van der Waals surface area (Å²) < 4.78 is 0. The number of hydrogen-bond acceptors (Lipinski definition) is 2. The van der Waals surface area contributed by atoms with Gasteiger partial charge < -0.3 is 10.0 Å². The zero-order chi connectivity index (χ0) is 13.2. The fourth-order valence-electron chi connectivity index (χ4n) is 2.59. The van der Waals surface area contributed by atoms with Crippen LogP contribution in [-0.4, -0.2) is 35.1 Å². The molecule has 1 fully saturated rings. The Labute approximate surface area is 105 Å². The Bertz CT molecular complexity index is 260. The van der Waals surface area contributed by atoms with Crippen molar-refractivity contribution in [2.75, 3.05) is 13.1 Å². The molecular weight excluding hydrogens is 214 g/mol. The Morgan fingerprint density at radius 3 is 2.06 bits per heavy atom. The van der Waals surface area contributed by atoms with Crippen molar-refractivity contribution in [2.24, 2.45) is 17.3 Å². The summed E-state index contributed by atoms with van der Waals surface area (Å²) in [6.07, 6.45) is 1.28. The number of carbonyl (C=O) groups excluding carboxylic acids is 1. The van der Waals surface area contributed by atoms with Gasteiger partial charge in [-0.1, -0.05) is 27.7 Å². The lowest BCUT2D eigenvalue weighted by molar-refractivity contribution is -0.141.